The van der Waals surface area contributed by atoms with Crippen LogP contribution in [0.25, 0.3) is 0 Å². The summed E-state index contributed by atoms with van der Waals surface area (Å²) in [4.78, 5) is 25.0. The molecule has 2 heterocycles. The Hall–Kier alpha value is 0.0300. The Labute approximate surface area is 127 Å². The largest absolute Gasteiger partial charge is 1.00 e. The quantitative estimate of drug-likeness (QED) is 0.410. The van der Waals surface area contributed by atoms with Gasteiger partial charge in [-0.25, -0.2) is 0 Å². The van der Waals surface area contributed by atoms with E-state index >= 15 is 0 Å². The second kappa shape index (κ2) is 5.78. The van der Waals surface area contributed by atoms with Crippen molar-refractivity contribution in [2.45, 2.75) is 32.7 Å². The van der Waals surface area contributed by atoms with E-state index < -0.39 is 5.97 Å². The Balaban J connectivity index is 0.00000144. The van der Waals surface area contributed by atoms with Crippen LogP contribution in [-0.4, -0.2) is 28.6 Å². The molecule has 2 aliphatic rings. The van der Waals surface area contributed by atoms with Crippen molar-refractivity contribution in [3.8, 4) is 0 Å². The second-order valence-corrected chi connectivity index (χ2v) is 5.35. The maximum absolute atomic E-state index is 11.7. The number of hydrogen-bond donors (Lipinski definition) is 0. The van der Waals surface area contributed by atoms with Crippen LogP contribution in [-0.2, 0) is 9.59 Å². The Morgan fingerprint density at radius 2 is 2.18 bits per heavy atom. The van der Waals surface area contributed by atoms with Crippen LogP contribution < -0.4 is 34.7 Å². The number of carbonyl (C=O) groups is 2. The summed E-state index contributed by atoms with van der Waals surface area (Å²) in [6, 6.07) is 0.0689. The summed E-state index contributed by atoms with van der Waals surface area (Å²) in [7, 11) is 0. The number of hydrogen-bond acceptors (Lipinski definition) is 4. The maximum atomic E-state index is 11.7. The molecule has 1 amide bonds. The number of rotatable bonds is 4. The molecule has 0 spiro atoms. The van der Waals surface area contributed by atoms with Crippen molar-refractivity contribution in [3.05, 3.63) is 10.6 Å². The van der Waals surface area contributed by atoms with Crippen LogP contribution in [0.3, 0.4) is 0 Å². The molecule has 2 aliphatic heterocycles. The summed E-state index contributed by atoms with van der Waals surface area (Å²) in [5.74, 6) is -0.457. The molecular formula is C11H14NNaO3S. The second-order valence-electron chi connectivity index (χ2n) is 3.99. The van der Waals surface area contributed by atoms with E-state index in [0.717, 1.165) is 17.1 Å². The number of carboxylic acid groups (broad SMARTS) is 1. The van der Waals surface area contributed by atoms with Crippen molar-refractivity contribution in [1.29, 1.82) is 0 Å². The van der Waals surface area contributed by atoms with Gasteiger partial charge >= 0.3 is 29.6 Å². The van der Waals surface area contributed by atoms with Crippen LogP contribution in [0.1, 0.15) is 26.7 Å². The summed E-state index contributed by atoms with van der Waals surface area (Å²) in [6.07, 6.45) is 1.47. The van der Waals surface area contributed by atoms with E-state index in [1.54, 1.807) is 0 Å². The minimum Gasteiger partial charge on any atom is -0.543 e. The zero-order chi connectivity index (χ0) is 11.9. The number of carbonyl (C=O) groups excluding carboxylic acids is 2. The van der Waals surface area contributed by atoms with E-state index in [9.17, 15) is 14.7 Å². The van der Waals surface area contributed by atoms with E-state index in [2.05, 4.69) is 0 Å². The number of aliphatic carboxylic acids is 1. The first-order chi connectivity index (χ1) is 7.61. The minimum absolute atomic E-state index is 0. The molecule has 4 nitrogen and oxygen atoms in total. The first-order valence-corrected chi connectivity index (χ1v) is 6.50. The van der Waals surface area contributed by atoms with Gasteiger partial charge in [0.1, 0.15) is 0 Å². The Morgan fingerprint density at radius 1 is 1.53 bits per heavy atom. The van der Waals surface area contributed by atoms with Crippen LogP contribution in [0.15, 0.2) is 10.6 Å². The summed E-state index contributed by atoms with van der Waals surface area (Å²) in [5.41, 5.74) is 0.117. The zero-order valence-electron chi connectivity index (χ0n) is 10.4. The molecule has 0 aromatic carbocycles. The molecule has 1 fully saturated rings. The normalized spacial score (nSPS) is 26.5. The average molecular weight is 263 g/mol. The van der Waals surface area contributed by atoms with E-state index in [0.29, 0.717) is 6.42 Å². The van der Waals surface area contributed by atoms with Gasteiger partial charge in [-0.15, -0.1) is 11.8 Å². The molecule has 0 N–H and O–H groups in total. The SMILES string of the molecule is CCSC1=C(C(=O)[O-])N2C(=O)C(CC)C2C1.[Na+]. The molecule has 0 saturated carbocycles. The van der Waals surface area contributed by atoms with Gasteiger partial charge in [0.25, 0.3) is 0 Å². The fraction of sp³-hybridized carbons (Fsp3) is 0.636. The molecule has 17 heavy (non-hydrogen) atoms. The smallest absolute Gasteiger partial charge is 0.543 e. The average Bonchev–Trinajstić information content (AvgIpc) is 2.55. The van der Waals surface area contributed by atoms with Crippen LogP contribution in [0, 0.1) is 5.92 Å². The third-order valence-corrected chi connectivity index (χ3v) is 4.20. The third-order valence-electron chi connectivity index (χ3n) is 3.20. The van der Waals surface area contributed by atoms with Crippen molar-refractivity contribution in [2.75, 3.05) is 5.75 Å². The number of thioether (sulfide) groups is 1. The fourth-order valence-electron chi connectivity index (χ4n) is 2.50. The summed E-state index contributed by atoms with van der Waals surface area (Å²) in [6.45, 7) is 3.93. The summed E-state index contributed by atoms with van der Waals surface area (Å²) >= 11 is 1.50. The van der Waals surface area contributed by atoms with Gasteiger partial charge in [-0.2, -0.15) is 0 Å². The van der Waals surface area contributed by atoms with Crippen molar-refractivity contribution in [3.63, 3.8) is 0 Å². The molecule has 2 unspecified atom stereocenters. The molecule has 0 radical (unpaired) electrons. The Bertz CT molecular complexity index is 383. The predicted octanol–water partition coefficient (Wildman–Crippen LogP) is -2.65. The standard InChI is InChI=1S/C11H15NO3S.Na/c1-3-6-7-5-8(16-4-2)9(11(14)15)12(7)10(6)13;/h6-7H,3-5H2,1-2H3,(H,14,15);/q;+1/p-1. The number of β-lactam (4-membered cyclic amide) rings is 1. The van der Waals surface area contributed by atoms with Gasteiger partial charge in [0.05, 0.1) is 23.6 Å². The van der Waals surface area contributed by atoms with E-state index in [-0.39, 0.29) is 53.1 Å². The molecular weight excluding hydrogens is 249 g/mol. The van der Waals surface area contributed by atoms with E-state index in [1.807, 2.05) is 13.8 Å². The van der Waals surface area contributed by atoms with Gasteiger partial charge in [0.15, 0.2) is 0 Å². The fourth-order valence-corrected chi connectivity index (χ4v) is 3.45. The van der Waals surface area contributed by atoms with Crippen LogP contribution >= 0.6 is 11.8 Å². The van der Waals surface area contributed by atoms with Crippen molar-refractivity contribution >= 4 is 23.6 Å². The van der Waals surface area contributed by atoms with E-state index in [1.165, 1.54) is 16.7 Å². The minimum atomic E-state index is -1.22. The van der Waals surface area contributed by atoms with Crippen LogP contribution in [0.2, 0.25) is 0 Å². The van der Waals surface area contributed by atoms with E-state index in [4.69, 9.17) is 0 Å². The first kappa shape index (κ1) is 15.1. The number of carboxylic acids is 1. The molecule has 88 valence electrons. The van der Waals surface area contributed by atoms with Gasteiger partial charge in [-0.1, -0.05) is 13.8 Å². The zero-order valence-corrected chi connectivity index (χ0v) is 13.2. The molecule has 0 aromatic rings. The summed E-state index contributed by atoms with van der Waals surface area (Å²) < 4.78 is 0. The van der Waals surface area contributed by atoms with Gasteiger partial charge in [-0.3, -0.25) is 4.79 Å². The van der Waals surface area contributed by atoms with Crippen LogP contribution in [0.5, 0.6) is 0 Å². The topological polar surface area (TPSA) is 60.4 Å². The molecule has 0 aliphatic carbocycles. The molecule has 2 atom stereocenters. The number of amides is 1. The molecule has 0 aromatic heterocycles. The van der Waals surface area contributed by atoms with Crippen molar-refractivity contribution < 1.29 is 44.3 Å². The molecule has 1 saturated heterocycles. The van der Waals surface area contributed by atoms with Crippen molar-refractivity contribution in [1.82, 2.24) is 4.90 Å². The third kappa shape index (κ3) is 2.30. The molecule has 6 heteroatoms. The van der Waals surface area contributed by atoms with Crippen LogP contribution in [0.4, 0.5) is 0 Å². The maximum Gasteiger partial charge on any atom is 1.00 e. The monoisotopic (exact) mass is 263 g/mol. The first-order valence-electron chi connectivity index (χ1n) is 5.52. The van der Waals surface area contributed by atoms with Gasteiger partial charge in [-0.05, 0) is 12.2 Å². The van der Waals surface area contributed by atoms with Crippen molar-refractivity contribution in [2.24, 2.45) is 5.92 Å². The van der Waals surface area contributed by atoms with Gasteiger partial charge < -0.3 is 14.8 Å². The molecule has 0 bridgehead atoms. The van der Waals surface area contributed by atoms with Gasteiger partial charge in [0.2, 0.25) is 5.91 Å². The Morgan fingerprint density at radius 3 is 2.65 bits per heavy atom. The number of fused-ring (bicyclic) bond motifs is 1. The van der Waals surface area contributed by atoms with Gasteiger partial charge in [0, 0.05) is 11.3 Å². The number of nitrogens with zero attached hydrogens (tertiary/aromatic N) is 1. The Kier molecular flexibility index (Phi) is 5.13. The summed E-state index contributed by atoms with van der Waals surface area (Å²) in [5, 5.41) is 11.0. The predicted molar refractivity (Wildman–Crippen MR) is 59.2 cm³/mol. The molecule has 2 rings (SSSR count).